The minimum atomic E-state index is -4.43. The highest BCUT2D eigenvalue weighted by Crippen LogP contribution is 2.32. The third-order valence-corrected chi connectivity index (χ3v) is 4.73. The fraction of sp³-hybridized carbons (Fsp3) is 0.471. The van der Waals surface area contributed by atoms with Gasteiger partial charge in [-0.3, -0.25) is 9.69 Å². The SMILES string of the molecule is CC(c1nc(-c2cccc(C(F)(F)F)c2)no1)N1CCC(C(N)=O)CC1. The summed E-state index contributed by atoms with van der Waals surface area (Å²) in [4.78, 5) is 17.6. The summed E-state index contributed by atoms with van der Waals surface area (Å²) < 4.78 is 43.8. The number of hydrogen-bond donors (Lipinski definition) is 1. The number of carbonyl (C=O) groups is 1. The summed E-state index contributed by atoms with van der Waals surface area (Å²) in [6, 6.07) is 4.61. The molecule has 0 spiro atoms. The van der Waals surface area contributed by atoms with Gasteiger partial charge in [-0.25, -0.2) is 0 Å². The maximum atomic E-state index is 12.8. The first-order chi connectivity index (χ1) is 12.3. The average Bonchev–Trinajstić information content (AvgIpc) is 3.10. The van der Waals surface area contributed by atoms with Crippen LogP contribution in [0.1, 0.15) is 37.3 Å². The van der Waals surface area contributed by atoms with Crippen LogP contribution in [-0.4, -0.2) is 34.0 Å². The summed E-state index contributed by atoms with van der Waals surface area (Å²) in [7, 11) is 0. The van der Waals surface area contributed by atoms with E-state index in [0.717, 1.165) is 12.1 Å². The molecule has 1 aromatic carbocycles. The average molecular weight is 368 g/mol. The van der Waals surface area contributed by atoms with Crippen LogP contribution in [0.5, 0.6) is 0 Å². The number of aromatic nitrogens is 2. The maximum absolute atomic E-state index is 12.8. The lowest BCUT2D eigenvalue weighted by Gasteiger charge is -2.33. The van der Waals surface area contributed by atoms with Crippen LogP contribution in [0.15, 0.2) is 28.8 Å². The van der Waals surface area contributed by atoms with Gasteiger partial charge < -0.3 is 10.3 Å². The van der Waals surface area contributed by atoms with E-state index in [1.807, 2.05) is 6.92 Å². The number of hydrogen-bond acceptors (Lipinski definition) is 5. The molecule has 1 aliphatic rings. The summed E-state index contributed by atoms with van der Waals surface area (Å²) in [5, 5.41) is 3.81. The van der Waals surface area contributed by atoms with E-state index in [1.165, 1.54) is 12.1 Å². The summed E-state index contributed by atoms with van der Waals surface area (Å²) in [5.41, 5.74) is 4.82. The molecule has 0 aliphatic carbocycles. The largest absolute Gasteiger partial charge is 0.416 e. The van der Waals surface area contributed by atoms with E-state index in [9.17, 15) is 18.0 Å². The van der Waals surface area contributed by atoms with Crippen LogP contribution in [0.25, 0.3) is 11.4 Å². The van der Waals surface area contributed by atoms with Crippen molar-refractivity contribution in [2.75, 3.05) is 13.1 Å². The molecule has 2 N–H and O–H groups in total. The molecule has 0 saturated carbocycles. The molecule has 26 heavy (non-hydrogen) atoms. The molecule has 0 bridgehead atoms. The van der Waals surface area contributed by atoms with Crippen molar-refractivity contribution in [1.82, 2.24) is 15.0 Å². The van der Waals surface area contributed by atoms with Crippen molar-refractivity contribution >= 4 is 5.91 Å². The van der Waals surface area contributed by atoms with E-state index >= 15 is 0 Å². The topological polar surface area (TPSA) is 85.2 Å². The van der Waals surface area contributed by atoms with Crippen molar-refractivity contribution in [2.45, 2.75) is 32.0 Å². The van der Waals surface area contributed by atoms with E-state index in [-0.39, 0.29) is 29.3 Å². The Bertz CT molecular complexity index is 782. The first-order valence-corrected chi connectivity index (χ1v) is 8.30. The Hall–Kier alpha value is -2.42. The summed E-state index contributed by atoms with van der Waals surface area (Å²) in [5.74, 6) is 0.0311. The van der Waals surface area contributed by atoms with Crippen molar-refractivity contribution in [3.8, 4) is 11.4 Å². The van der Waals surface area contributed by atoms with E-state index in [1.54, 1.807) is 0 Å². The minimum Gasteiger partial charge on any atom is -0.369 e. The molecule has 2 heterocycles. The molecule has 1 aliphatic heterocycles. The van der Waals surface area contributed by atoms with Crippen LogP contribution in [0, 0.1) is 5.92 Å². The quantitative estimate of drug-likeness (QED) is 0.897. The Morgan fingerprint density at radius 1 is 1.35 bits per heavy atom. The zero-order valence-corrected chi connectivity index (χ0v) is 14.2. The van der Waals surface area contributed by atoms with E-state index in [0.29, 0.717) is 31.8 Å². The van der Waals surface area contributed by atoms with E-state index in [2.05, 4.69) is 15.0 Å². The van der Waals surface area contributed by atoms with Gasteiger partial charge in [-0.05, 0) is 45.0 Å². The second-order valence-corrected chi connectivity index (χ2v) is 6.42. The number of carbonyl (C=O) groups excluding carboxylic acids is 1. The summed E-state index contributed by atoms with van der Waals surface area (Å²) in [6.07, 6.45) is -3.11. The molecule has 2 aromatic rings. The molecule has 6 nitrogen and oxygen atoms in total. The Balaban J connectivity index is 1.73. The first-order valence-electron chi connectivity index (χ1n) is 8.30. The van der Waals surface area contributed by atoms with E-state index in [4.69, 9.17) is 10.3 Å². The normalized spacial score (nSPS) is 18.0. The molecule has 140 valence electrons. The van der Waals surface area contributed by atoms with Crippen molar-refractivity contribution in [3.05, 3.63) is 35.7 Å². The van der Waals surface area contributed by atoms with Crippen LogP contribution < -0.4 is 5.73 Å². The molecule has 1 unspecified atom stereocenters. The third kappa shape index (κ3) is 3.87. The van der Waals surface area contributed by atoms with Gasteiger partial charge in [-0.2, -0.15) is 18.2 Å². The number of nitrogens with zero attached hydrogens (tertiary/aromatic N) is 3. The van der Waals surface area contributed by atoms with Crippen LogP contribution in [-0.2, 0) is 11.0 Å². The highest BCUT2D eigenvalue weighted by atomic mass is 19.4. The minimum absolute atomic E-state index is 0.116. The predicted molar refractivity (Wildman–Crippen MR) is 86.6 cm³/mol. The monoisotopic (exact) mass is 368 g/mol. The van der Waals surface area contributed by atoms with Crippen molar-refractivity contribution in [3.63, 3.8) is 0 Å². The van der Waals surface area contributed by atoms with Crippen molar-refractivity contribution < 1.29 is 22.5 Å². The van der Waals surface area contributed by atoms with Crippen molar-refractivity contribution in [2.24, 2.45) is 11.7 Å². The second kappa shape index (κ2) is 7.06. The standard InChI is InChI=1S/C17H19F3N4O2/c1-10(24-7-5-11(6-8-24)14(21)25)16-22-15(23-26-16)12-3-2-4-13(9-12)17(18,19)20/h2-4,9-11H,5-8H2,1H3,(H2,21,25). The molecule has 1 atom stereocenters. The highest BCUT2D eigenvalue weighted by Gasteiger charge is 2.31. The number of likely N-dealkylation sites (tertiary alicyclic amines) is 1. The van der Waals surface area contributed by atoms with Gasteiger partial charge in [0, 0.05) is 11.5 Å². The van der Waals surface area contributed by atoms with Gasteiger partial charge in [0.25, 0.3) is 0 Å². The zero-order valence-electron chi connectivity index (χ0n) is 14.2. The Morgan fingerprint density at radius 3 is 2.65 bits per heavy atom. The first kappa shape index (κ1) is 18.4. The number of piperidine rings is 1. The lowest BCUT2D eigenvalue weighted by Crippen LogP contribution is -2.39. The van der Waals surface area contributed by atoms with Crippen LogP contribution in [0.3, 0.4) is 0 Å². The van der Waals surface area contributed by atoms with Gasteiger partial charge in [0.2, 0.25) is 17.6 Å². The fourth-order valence-electron chi connectivity index (χ4n) is 3.08. The fourth-order valence-corrected chi connectivity index (χ4v) is 3.08. The van der Waals surface area contributed by atoms with Gasteiger partial charge in [-0.15, -0.1) is 0 Å². The Labute approximate surface area is 148 Å². The summed E-state index contributed by atoms with van der Waals surface area (Å²) in [6.45, 7) is 3.21. The van der Waals surface area contributed by atoms with Gasteiger partial charge in [0.05, 0.1) is 11.6 Å². The van der Waals surface area contributed by atoms with Gasteiger partial charge in [0.1, 0.15) is 0 Å². The van der Waals surface area contributed by atoms with Crippen LogP contribution in [0.4, 0.5) is 13.2 Å². The number of alkyl halides is 3. The number of nitrogens with two attached hydrogens (primary N) is 1. The molecule has 1 saturated heterocycles. The smallest absolute Gasteiger partial charge is 0.369 e. The van der Waals surface area contributed by atoms with Gasteiger partial charge in [-0.1, -0.05) is 17.3 Å². The van der Waals surface area contributed by atoms with Gasteiger partial charge in [0.15, 0.2) is 0 Å². The molecular formula is C17H19F3N4O2. The maximum Gasteiger partial charge on any atom is 0.416 e. The molecule has 9 heteroatoms. The number of rotatable bonds is 4. The molecule has 1 amide bonds. The Kier molecular flexibility index (Phi) is 4.99. The molecule has 1 aromatic heterocycles. The number of primary amides is 1. The lowest BCUT2D eigenvalue weighted by atomic mass is 9.95. The third-order valence-electron chi connectivity index (χ3n) is 4.73. The van der Waals surface area contributed by atoms with Crippen LogP contribution >= 0.6 is 0 Å². The Morgan fingerprint density at radius 2 is 2.04 bits per heavy atom. The lowest BCUT2D eigenvalue weighted by molar-refractivity contribution is -0.137. The molecule has 1 fully saturated rings. The molecule has 3 rings (SSSR count). The number of halogens is 3. The highest BCUT2D eigenvalue weighted by molar-refractivity contribution is 5.76. The van der Waals surface area contributed by atoms with Crippen LogP contribution in [0.2, 0.25) is 0 Å². The van der Waals surface area contributed by atoms with Gasteiger partial charge >= 0.3 is 6.18 Å². The number of benzene rings is 1. The summed E-state index contributed by atoms with van der Waals surface area (Å²) >= 11 is 0. The molecule has 0 radical (unpaired) electrons. The zero-order chi connectivity index (χ0) is 18.9. The predicted octanol–water partition coefficient (Wildman–Crippen LogP) is 3.01. The molecular weight excluding hydrogens is 349 g/mol. The van der Waals surface area contributed by atoms with Crippen molar-refractivity contribution in [1.29, 1.82) is 0 Å². The second-order valence-electron chi connectivity index (χ2n) is 6.42. The van der Waals surface area contributed by atoms with E-state index < -0.39 is 11.7 Å². The number of amides is 1.